The van der Waals surface area contributed by atoms with E-state index in [4.69, 9.17) is 5.73 Å². The summed E-state index contributed by atoms with van der Waals surface area (Å²) in [7, 11) is 0. The van der Waals surface area contributed by atoms with Crippen LogP contribution in [0, 0.1) is 5.92 Å². The van der Waals surface area contributed by atoms with Crippen molar-refractivity contribution in [3.05, 3.63) is 40.9 Å². The van der Waals surface area contributed by atoms with Gasteiger partial charge >= 0.3 is 0 Å². The Bertz CT molecular complexity index is 741. The fourth-order valence-corrected chi connectivity index (χ4v) is 3.70. The van der Waals surface area contributed by atoms with Gasteiger partial charge in [0.25, 0.3) is 0 Å². The summed E-state index contributed by atoms with van der Waals surface area (Å²) in [5, 5.41) is 12.1. The summed E-state index contributed by atoms with van der Waals surface area (Å²) in [5.41, 5.74) is 6.64. The maximum absolute atomic E-state index is 12.7. The molecule has 3 N–H and O–H groups in total. The highest BCUT2D eigenvalue weighted by molar-refractivity contribution is 7.15. The standard InChI is InChI=1S/C17H21N5O2S/c1-11(23)22-9-7-13(8-10-22)15(24)19-14(12-5-3-2-4-6-12)16-20-21-17(18)25-16/h2-6,13-14H,7-10H2,1H3,(H2,18,21)(H,19,24). The summed E-state index contributed by atoms with van der Waals surface area (Å²) >= 11 is 1.27. The summed E-state index contributed by atoms with van der Waals surface area (Å²) in [6.07, 6.45) is 1.34. The molecule has 1 unspecified atom stereocenters. The van der Waals surface area contributed by atoms with Crippen LogP contribution in [-0.2, 0) is 9.59 Å². The number of carbonyl (C=O) groups excluding carboxylic acids is 2. The number of amides is 2. The molecule has 1 saturated heterocycles. The molecule has 0 aliphatic carbocycles. The van der Waals surface area contributed by atoms with Crippen molar-refractivity contribution in [1.29, 1.82) is 0 Å². The van der Waals surface area contributed by atoms with E-state index in [0.717, 1.165) is 5.56 Å². The number of likely N-dealkylation sites (tertiary alicyclic amines) is 1. The van der Waals surface area contributed by atoms with Crippen LogP contribution in [0.4, 0.5) is 5.13 Å². The Morgan fingerprint density at radius 3 is 2.48 bits per heavy atom. The fourth-order valence-electron chi connectivity index (χ4n) is 3.01. The first-order chi connectivity index (χ1) is 12.0. The SMILES string of the molecule is CC(=O)N1CCC(C(=O)NC(c2ccccc2)c2nnc(N)s2)CC1. The number of hydrogen-bond acceptors (Lipinski definition) is 6. The Labute approximate surface area is 150 Å². The normalized spacial score (nSPS) is 16.4. The monoisotopic (exact) mass is 359 g/mol. The van der Waals surface area contributed by atoms with Crippen molar-refractivity contribution in [2.75, 3.05) is 18.8 Å². The number of nitrogens with one attached hydrogen (secondary N) is 1. The lowest BCUT2D eigenvalue weighted by Gasteiger charge is -2.31. The number of nitrogen functional groups attached to an aromatic ring is 1. The Hall–Kier alpha value is -2.48. The van der Waals surface area contributed by atoms with Crippen LogP contribution in [0.5, 0.6) is 0 Å². The van der Waals surface area contributed by atoms with E-state index in [0.29, 0.717) is 36.1 Å². The van der Waals surface area contributed by atoms with Gasteiger partial charge in [-0.3, -0.25) is 9.59 Å². The summed E-state index contributed by atoms with van der Waals surface area (Å²) in [6.45, 7) is 2.80. The molecule has 0 saturated carbocycles. The summed E-state index contributed by atoms with van der Waals surface area (Å²) in [4.78, 5) is 26.0. The molecule has 2 heterocycles. The zero-order valence-electron chi connectivity index (χ0n) is 14.0. The number of nitrogens with zero attached hydrogens (tertiary/aromatic N) is 3. The molecular formula is C17H21N5O2S. The van der Waals surface area contributed by atoms with E-state index >= 15 is 0 Å². The van der Waals surface area contributed by atoms with E-state index in [2.05, 4.69) is 15.5 Å². The molecule has 8 heteroatoms. The van der Waals surface area contributed by atoms with E-state index in [9.17, 15) is 9.59 Å². The average Bonchev–Trinajstić information content (AvgIpc) is 3.06. The topological polar surface area (TPSA) is 101 Å². The van der Waals surface area contributed by atoms with Crippen LogP contribution in [0.3, 0.4) is 0 Å². The second-order valence-electron chi connectivity index (χ2n) is 6.11. The molecular weight excluding hydrogens is 338 g/mol. The first-order valence-corrected chi connectivity index (χ1v) is 9.06. The average molecular weight is 359 g/mol. The second kappa shape index (κ2) is 7.60. The van der Waals surface area contributed by atoms with Gasteiger partial charge in [0.2, 0.25) is 16.9 Å². The minimum Gasteiger partial charge on any atom is -0.374 e. The van der Waals surface area contributed by atoms with Crippen LogP contribution in [-0.4, -0.2) is 40.0 Å². The lowest BCUT2D eigenvalue weighted by molar-refractivity contribution is -0.134. The lowest BCUT2D eigenvalue weighted by atomic mass is 9.95. The maximum atomic E-state index is 12.7. The van der Waals surface area contributed by atoms with Gasteiger partial charge in [-0.2, -0.15) is 0 Å². The minimum absolute atomic E-state index is 0.0224. The number of anilines is 1. The predicted molar refractivity (Wildman–Crippen MR) is 95.7 cm³/mol. The Morgan fingerprint density at radius 2 is 1.92 bits per heavy atom. The van der Waals surface area contributed by atoms with Crippen molar-refractivity contribution >= 4 is 28.3 Å². The number of nitrogens with two attached hydrogens (primary N) is 1. The molecule has 2 aromatic rings. The third-order valence-corrected chi connectivity index (χ3v) is 5.25. The van der Waals surface area contributed by atoms with Gasteiger partial charge in [0.1, 0.15) is 11.0 Å². The van der Waals surface area contributed by atoms with Crippen LogP contribution in [0.15, 0.2) is 30.3 Å². The predicted octanol–water partition coefficient (Wildman–Crippen LogP) is 1.58. The highest BCUT2D eigenvalue weighted by Gasteiger charge is 2.29. The second-order valence-corrected chi connectivity index (χ2v) is 7.15. The van der Waals surface area contributed by atoms with Crippen LogP contribution >= 0.6 is 11.3 Å². The van der Waals surface area contributed by atoms with Crippen molar-refractivity contribution < 1.29 is 9.59 Å². The summed E-state index contributed by atoms with van der Waals surface area (Å²) in [5.74, 6) is -0.0664. The highest BCUT2D eigenvalue weighted by Crippen LogP contribution is 2.27. The van der Waals surface area contributed by atoms with E-state index in [1.165, 1.54) is 11.3 Å². The molecule has 0 bridgehead atoms. The van der Waals surface area contributed by atoms with E-state index in [1.54, 1.807) is 11.8 Å². The third kappa shape index (κ3) is 4.14. The number of piperidine rings is 1. The smallest absolute Gasteiger partial charge is 0.224 e. The zero-order chi connectivity index (χ0) is 17.8. The Morgan fingerprint density at radius 1 is 1.24 bits per heavy atom. The van der Waals surface area contributed by atoms with Crippen molar-refractivity contribution in [3.63, 3.8) is 0 Å². The highest BCUT2D eigenvalue weighted by atomic mass is 32.1. The first-order valence-electron chi connectivity index (χ1n) is 8.24. The van der Waals surface area contributed by atoms with Gasteiger partial charge in [-0.15, -0.1) is 10.2 Å². The van der Waals surface area contributed by atoms with Crippen molar-refractivity contribution in [2.24, 2.45) is 5.92 Å². The van der Waals surface area contributed by atoms with Gasteiger partial charge in [-0.05, 0) is 18.4 Å². The number of hydrogen-bond donors (Lipinski definition) is 2. The van der Waals surface area contributed by atoms with Crippen molar-refractivity contribution in [3.8, 4) is 0 Å². The number of benzene rings is 1. The number of carbonyl (C=O) groups is 2. The summed E-state index contributed by atoms with van der Waals surface area (Å²) in [6, 6.07) is 9.29. The Balaban J connectivity index is 1.72. The van der Waals surface area contributed by atoms with Gasteiger partial charge in [0.05, 0.1) is 0 Å². The molecule has 3 rings (SSSR count). The molecule has 1 aromatic carbocycles. The molecule has 25 heavy (non-hydrogen) atoms. The third-order valence-electron chi connectivity index (χ3n) is 4.43. The maximum Gasteiger partial charge on any atom is 0.224 e. The lowest BCUT2D eigenvalue weighted by Crippen LogP contribution is -2.43. The largest absolute Gasteiger partial charge is 0.374 e. The molecule has 132 valence electrons. The van der Waals surface area contributed by atoms with Gasteiger partial charge in [-0.1, -0.05) is 41.7 Å². The molecule has 1 fully saturated rings. The molecule has 1 aliphatic heterocycles. The molecule has 1 atom stereocenters. The van der Waals surface area contributed by atoms with Crippen LogP contribution < -0.4 is 11.1 Å². The van der Waals surface area contributed by atoms with Gasteiger partial charge in [0, 0.05) is 25.9 Å². The molecule has 0 spiro atoms. The molecule has 1 aromatic heterocycles. The zero-order valence-corrected chi connectivity index (χ0v) is 14.8. The van der Waals surface area contributed by atoms with Crippen molar-refractivity contribution in [2.45, 2.75) is 25.8 Å². The quantitative estimate of drug-likeness (QED) is 0.863. The fraction of sp³-hybridized carbons (Fsp3) is 0.412. The van der Waals surface area contributed by atoms with Gasteiger partial charge in [-0.25, -0.2) is 0 Å². The minimum atomic E-state index is -0.366. The number of aromatic nitrogens is 2. The van der Waals surface area contributed by atoms with Gasteiger partial charge < -0.3 is 16.0 Å². The molecule has 0 radical (unpaired) electrons. The molecule has 7 nitrogen and oxygen atoms in total. The van der Waals surface area contributed by atoms with Gasteiger partial charge in [0.15, 0.2) is 0 Å². The van der Waals surface area contributed by atoms with E-state index < -0.39 is 0 Å². The van der Waals surface area contributed by atoms with Crippen LogP contribution in [0.25, 0.3) is 0 Å². The van der Waals surface area contributed by atoms with Crippen LogP contribution in [0.1, 0.15) is 36.4 Å². The molecule has 2 amide bonds. The first kappa shape index (κ1) is 17.3. The Kier molecular flexibility index (Phi) is 5.28. The van der Waals surface area contributed by atoms with Crippen molar-refractivity contribution in [1.82, 2.24) is 20.4 Å². The molecule has 1 aliphatic rings. The summed E-state index contributed by atoms with van der Waals surface area (Å²) < 4.78 is 0. The van der Waals surface area contributed by atoms with Crippen LogP contribution in [0.2, 0.25) is 0 Å². The number of rotatable bonds is 4. The van der Waals surface area contributed by atoms with E-state index in [-0.39, 0.29) is 23.8 Å². The van der Waals surface area contributed by atoms with E-state index in [1.807, 2.05) is 30.3 Å².